The fourth-order valence-electron chi connectivity index (χ4n) is 2.02. The number of hydrogen-bond acceptors (Lipinski definition) is 2. The Hall–Kier alpha value is -2.57. The van der Waals surface area contributed by atoms with Gasteiger partial charge in [0.05, 0.1) is 6.54 Å². The van der Waals surface area contributed by atoms with Gasteiger partial charge in [-0.25, -0.2) is 0 Å². The highest BCUT2D eigenvalue weighted by Gasteiger charge is 2.10. The number of benzene rings is 2. The zero-order valence-corrected chi connectivity index (χ0v) is 12.2. The molecule has 0 unspecified atom stereocenters. The minimum atomic E-state index is -0.111. The number of nitrogens with one attached hydrogen (secondary N) is 1. The first-order valence-electron chi connectivity index (χ1n) is 6.78. The van der Waals surface area contributed by atoms with E-state index in [4.69, 9.17) is 5.73 Å². The molecule has 0 saturated heterocycles. The van der Waals surface area contributed by atoms with Gasteiger partial charge in [-0.15, -0.1) is 0 Å². The van der Waals surface area contributed by atoms with Crippen LogP contribution in [0.4, 0.5) is 5.69 Å². The molecule has 0 bridgehead atoms. The summed E-state index contributed by atoms with van der Waals surface area (Å²) in [6.45, 7) is 4.27. The molecule has 0 aliphatic rings. The Kier molecular flexibility index (Phi) is 4.76. The van der Waals surface area contributed by atoms with E-state index in [1.54, 1.807) is 0 Å². The summed E-state index contributed by atoms with van der Waals surface area (Å²) in [6, 6.07) is 13.1. The standard InChI is InChI=1S/C18H18N2O/c1-13-6-3-10-17(14(13)2)18(21)20-16-9-4-7-15(12-16)8-5-11-19/h3-4,6-7,9-10,12H,11,19H2,1-2H3,(H,20,21). The smallest absolute Gasteiger partial charge is 0.255 e. The van der Waals surface area contributed by atoms with Gasteiger partial charge < -0.3 is 11.1 Å². The van der Waals surface area contributed by atoms with E-state index in [1.807, 2.05) is 56.3 Å². The summed E-state index contributed by atoms with van der Waals surface area (Å²) in [5.74, 6) is 5.64. The molecular weight excluding hydrogens is 260 g/mol. The zero-order chi connectivity index (χ0) is 15.2. The fourth-order valence-corrected chi connectivity index (χ4v) is 2.02. The Balaban J connectivity index is 2.22. The number of anilines is 1. The maximum absolute atomic E-state index is 12.3. The highest BCUT2D eigenvalue weighted by atomic mass is 16.1. The number of amides is 1. The second kappa shape index (κ2) is 6.74. The molecule has 0 saturated carbocycles. The van der Waals surface area contributed by atoms with Gasteiger partial charge in [0, 0.05) is 16.8 Å². The van der Waals surface area contributed by atoms with Crippen molar-refractivity contribution in [3.63, 3.8) is 0 Å². The van der Waals surface area contributed by atoms with Gasteiger partial charge in [0.25, 0.3) is 5.91 Å². The summed E-state index contributed by atoms with van der Waals surface area (Å²) in [5.41, 5.74) is 9.70. The van der Waals surface area contributed by atoms with Crippen LogP contribution in [0.3, 0.4) is 0 Å². The third kappa shape index (κ3) is 3.71. The van der Waals surface area contributed by atoms with E-state index in [1.165, 1.54) is 0 Å². The lowest BCUT2D eigenvalue weighted by atomic mass is 10.0. The van der Waals surface area contributed by atoms with E-state index in [0.29, 0.717) is 12.1 Å². The number of carbonyl (C=O) groups excluding carboxylic acids is 1. The van der Waals surface area contributed by atoms with Gasteiger partial charge in [-0.2, -0.15) is 0 Å². The summed E-state index contributed by atoms with van der Waals surface area (Å²) in [5, 5.41) is 2.91. The van der Waals surface area contributed by atoms with E-state index in [-0.39, 0.29) is 5.91 Å². The molecule has 0 aliphatic heterocycles. The Labute approximate surface area is 125 Å². The molecule has 2 rings (SSSR count). The van der Waals surface area contributed by atoms with Crippen LogP contribution in [0.2, 0.25) is 0 Å². The molecule has 106 valence electrons. The molecule has 1 amide bonds. The molecule has 3 N–H and O–H groups in total. The van der Waals surface area contributed by atoms with Gasteiger partial charge in [0.15, 0.2) is 0 Å². The summed E-state index contributed by atoms with van der Waals surface area (Å²) >= 11 is 0. The van der Waals surface area contributed by atoms with Crippen LogP contribution in [-0.2, 0) is 0 Å². The number of carbonyl (C=O) groups is 1. The molecule has 0 heterocycles. The molecule has 3 heteroatoms. The molecule has 3 nitrogen and oxygen atoms in total. The minimum absolute atomic E-state index is 0.111. The molecule has 21 heavy (non-hydrogen) atoms. The molecule has 0 aliphatic carbocycles. The molecule has 2 aromatic carbocycles. The number of nitrogens with two attached hydrogens (primary N) is 1. The van der Waals surface area contributed by atoms with Crippen LogP contribution >= 0.6 is 0 Å². The maximum atomic E-state index is 12.3. The van der Waals surface area contributed by atoms with Gasteiger partial charge in [0.1, 0.15) is 0 Å². The first kappa shape index (κ1) is 14.8. The molecule has 0 radical (unpaired) electrons. The van der Waals surface area contributed by atoms with Crippen LogP contribution in [0.25, 0.3) is 0 Å². The normalized spacial score (nSPS) is 9.67. The topological polar surface area (TPSA) is 55.1 Å². The third-order valence-electron chi connectivity index (χ3n) is 3.30. The number of rotatable bonds is 2. The van der Waals surface area contributed by atoms with Crippen molar-refractivity contribution in [2.24, 2.45) is 5.73 Å². The summed E-state index contributed by atoms with van der Waals surface area (Å²) in [7, 11) is 0. The Bertz CT molecular complexity index is 723. The second-order valence-electron chi connectivity index (χ2n) is 4.79. The van der Waals surface area contributed by atoms with Crippen molar-refractivity contribution in [2.75, 3.05) is 11.9 Å². The monoisotopic (exact) mass is 278 g/mol. The summed E-state index contributed by atoms with van der Waals surface area (Å²) in [6.07, 6.45) is 0. The van der Waals surface area contributed by atoms with Gasteiger partial charge >= 0.3 is 0 Å². The van der Waals surface area contributed by atoms with Crippen molar-refractivity contribution in [1.29, 1.82) is 0 Å². The summed E-state index contributed by atoms with van der Waals surface area (Å²) in [4.78, 5) is 12.3. The highest BCUT2D eigenvalue weighted by Crippen LogP contribution is 2.16. The Morgan fingerprint density at radius 2 is 1.95 bits per heavy atom. The molecule has 2 aromatic rings. The van der Waals surface area contributed by atoms with Gasteiger partial charge in [-0.3, -0.25) is 4.79 Å². The fraction of sp³-hybridized carbons (Fsp3) is 0.167. The average molecular weight is 278 g/mol. The van der Waals surface area contributed by atoms with Gasteiger partial charge in [0.2, 0.25) is 0 Å². The van der Waals surface area contributed by atoms with E-state index in [0.717, 1.165) is 22.4 Å². The molecule has 0 fully saturated rings. The lowest BCUT2D eigenvalue weighted by molar-refractivity contribution is 0.102. The van der Waals surface area contributed by atoms with Crippen LogP contribution in [-0.4, -0.2) is 12.5 Å². The van der Waals surface area contributed by atoms with E-state index in [2.05, 4.69) is 17.2 Å². The SMILES string of the molecule is Cc1cccc(C(=O)Nc2cccc(C#CCN)c2)c1C. The lowest BCUT2D eigenvalue weighted by Crippen LogP contribution is -2.13. The van der Waals surface area contributed by atoms with Gasteiger partial charge in [-0.1, -0.05) is 30.0 Å². The summed E-state index contributed by atoms with van der Waals surface area (Å²) < 4.78 is 0. The average Bonchev–Trinajstić information content (AvgIpc) is 2.48. The first-order valence-corrected chi connectivity index (χ1v) is 6.78. The van der Waals surface area contributed by atoms with E-state index in [9.17, 15) is 4.79 Å². The van der Waals surface area contributed by atoms with E-state index >= 15 is 0 Å². The van der Waals surface area contributed by atoms with Crippen molar-refractivity contribution in [3.8, 4) is 11.8 Å². The Morgan fingerprint density at radius 1 is 1.19 bits per heavy atom. The van der Waals surface area contributed by atoms with E-state index < -0.39 is 0 Å². The largest absolute Gasteiger partial charge is 0.322 e. The van der Waals surface area contributed by atoms with Crippen molar-refractivity contribution in [3.05, 3.63) is 64.7 Å². The van der Waals surface area contributed by atoms with Gasteiger partial charge in [-0.05, 0) is 49.2 Å². The number of hydrogen-bond donors (Lipinski definition) is 2. The van der Waals surface area contributed by atoms with Crippen molar-refractivity contribution >= 4 is 11.6 Å². The molecular formula is C18H18N2O. The van der Waals surface area contributed by atoms with Crippen LogP contribution in [0, 0.1) is 25.7 Å². The van der Waals surface area contributed by atoms with Crippen LogP contribution < -0.4 is 11.1 Å². The van der Waals surface area contributed by atoms with Crippen LogP contribution in [0.5, 0.6) is 0 Å². The minimum Gasteiger partial charge on any atom is -0.322 e. The molecule has 0 spiro atoms. The van der Waals surface area contributed by atoms with Crippen molar-refractivity contribution in [2.45, 2.75) is 13.8 Å². The first-order chi connectivity index (χ1) is 10.1. The predicted molar refractivity (Wildman–Crippen MR) is 86.2 cm³/mol. The molecule has 0 atom stereocenters. The van der Waals surface area contributed by atoms with Crippen molar-refractivity contribution in [1.82, 2.24) is 0 Å². The second-order valence-corrected chi connectivity index (χ2v) is 4.79. The number of aryl methyl sites for hydroxylation is 1. The predicted octanol–water partition coefficient (Wildman–Crippen LogP) is 2.87. The van der Waals surface area contributed by atoms with Crippen LogP contribution in [0.15, 0.2) is 42.5 Å². The zero-order valence-electron chi connectivity index (χ0n) is 12.2. The third-order valence-corrected chi connectivity index (χ3v) is 3.30. The lowest BCUT2D eigenvalue weighted by Gasteiger charge is -2.09. The van der Waals surface area contributed by atoms with Crippen LogP contribution in [0.1, 0.15) is 27.0 Å². The Morgan fingerprint density at radius 3 is 2.71 bits per heavy atom. The maximum Gasteiger partial charge on any atom is 0.255 e. The highest BCUT2D eigenvalue weighted by molar-refractivity contribution is 6.05. The van der Waals surface area contributed by atoms with Crippen molar-refractivity contribution < 1.29 is 4.79 Å². The quantitative estimate of drug-likeness (QED) is 0.830. The molecule has 0 aromatic heterocycles.